The fourth-order valence-electron chi connectivity index (χ4n) is 1.50. The van der Waals surface area contributed by atoms with E-state index in [1.54, 1.807) is 6.07 Å². The number of rotatable bonds is 3. The Morgan fingerprint density at radius 2 is 1.78 bits per heavy atom. The largest absolute Gasteiger partial charge is 0.478 e. The van der Waals surface area contributed by atoms with Crippen molar-refractivity contribution in [2.45, 2.75) is 0 Å². The number of nitrogens with one attached hydrogen (secondary N) is 1. The van der Waals surface area contributed by atoms with Gasteiger partial charge in [0.25, 0.3) is 0 Å². The first-order valence-corrected chi connectivity index (χ1v) is 5.12. The van der Waals surface area contributed by atoms with Crippen molar-refractivity contribution in [3.63, 3.8) is 0 Å². The van der Waals surface area contributed by atoms with Crippen molar-refractivity contribution in [1.29, 1.82) is 0 Å². The molecular formula is C13H9F2NO2. The molecule has 2 rings (SSSR count). The van der Waals surface area contributed by atoms with E-state index in [2.05, 4.69) is 5.32 Å². The molecule has 0 saturated carbocycles. The monoisotopic (exact) mass is 249 g/mol. The molecule has 0 bridgehead atoms. The molecule has 0 heterocycles. The van der Waals surface area contributed by atoms with Gasteiger partial charge in [0.05, 0.1) is 5.56 Å². The first-order valence-electron chi connectivity index (χ1n) is 5.12. The number of carbonyl (C=O) groups is 1. The van der Waals surface area contributed by atoms with Gasteiger partial charge < -0.3 is 10.4 Å². The van der Waals surface area contributed by atoms with Crippen LogP contribution in [0.2, 0.25) is 0 Å². The molecule has 0 radical (unpaired) electrons. The van der Waals surface area contributed by atoms with Crippen LogP contribution < -0.4 is 5.32 Å². The van der Waals surface area contributed by atoms with E-state index in [0.717, 1.165) is 12.1 Å². The van der Waals surface area contributed by atoms with Crippen molar-refractivity contribution in [3.05, 3.63) is 59.7 Å². The molecule has 0 spiro atoms. The van der Waals surface area contributed by atoms with E-state index < -0.39 is 23.2 Å². The number of hydrogen-bond acceptors (Lipinski definition) is 2. The molecule has 3 nitrogen and oxygen atoms in total. The second-order valence-electron chi connectivity index (χ2n) is 3.64. The van der Waals surface area contributed by atoms with Gasteiger partial charge in [0.2, 0.25) is 0 Å². The van der Waals surface area contributed by atoms with Gasteiger partial charge in [-0.25, -0.2) is 13.6 Å². The Hall–Kier alpha value is -2.43. The number of benzene rings is 2. The average Bonchev–Trinajstić information content (AvgIpc) is 2.31. The van der Waals surface area contributed by atoms with Crippen LogP contribution in [0, 0.1) is 11.6 Å². The van der Waals surface area contributed by atoms with E-state index >= 15 is 0 Å². The van der Waals surface area contributed by atoms with Gasteiger partial charge in [-0.15, -0.1) is 0 Å². The Bertz CT molecular complexity index is 599. The summed E-state index contributed by atoms with van der Waals surface area (Å²) in [6, 6.07) is 9.26. The third-order valence-electron chi connectivity index (χ3n) is 2.31. The van der Waals surface area contributed by atoms with Crippen LogP contribution in [0.1, 0.15) is 10.4 Å². The predicted octanol–water partition coefficient (Wildman–Crippen LogP) is 3.41. The van der Waals surface area contributed by atoms with Crippen molar-refractivity contribution in [2.75, 3.05) is 5.32 Å². The van der Waals surface area contributed by atoms with E-state index in [9.17, 15) is 13.6 Å². The molecule has 5 heteroatoms. The van der Waals surface area contributed by atoms with Crippen LogP contribution >= 0.6 is 0 Å². The molecule has 0 unspecified atom stereocenters. The zero-order valence-corrected chi connectivity index (χ0v) is 9.15. The van der Waals surface area contributed by atoms with Crippen LogP contribution in [-0.2, 0) is 0 Å². The number of anilines is 2. The molecule has 0 fully saturated rings. The molecular weight excluding hydrogens is 240 g/mol. The van der Waals surface area contributed by atoms with Gasteiger partial charge in [-0.05, 0) is 36.4 Å². The zero-order chi connectivity index (χ0) is 13.1. The van der Waals surface area contributed by atoms with Gasteiger partial charge in [-0.1, -0.05) is 6.07 Å². The summed E-state index contributed by atoms with van der Waals surface area (Å²) in [4.78, 5) is 10.8. The number of carboxylic acid groups (broad SMARTS) is 1. The molecule has 0 aliphatic heterocycles. The second kappa shape index (κ2) is 4.83. The highest BCUT2D eigenvalue weighted by atomic mass is 19.1. The molecule has 18 heavy (non-hydrogen) atoms. The second-order valence-corrected chi connectivity index (χ2v) is 3.64. The van der Waals surface area contributed by atoms with Crippen molar-refractivity contribution < 1.29 is 18.7 Å². The van der Waals surface area contributed by atoms with Crippen LogP contribution in [0.3, 0.4) is 0 Å². The van der Waals surface area contributed by atoms with E-state index in [1.165, 1.54) is 24.3 Å². The maximum atomic E-state index is 13.2. The smallest absolute Gasteiger partial charge is 0.338 e. The average molecular weight is 249 g/mol. The van der Waals surface area contributed by atoms with Crippen molar-refractivity contribution in [1.82, 2.24) is 0 Å². The molecule has 0 aromatic heterocycles. The fraction of sp³-hybridized carbons (Fsp3) is 0. The molecule has 2 N–H and O–H groups in total. The van der Waals surface area contributed by atoms with Crippen LogP contribution in [0.4, 0.5) is 20.2 Å². The SMILES string of the molecule is O=C(O)c1cc(Nc2cccc(F)c2)ccc1F. The highest BCUT2D eigenvalue weighted by Crippen LogP contribution is 2.20. The van der Waals surface area contributed by atoms with Crippen LogP contribution in [0.15, 0.2) is 42.5 Å². The first-order chi connectivity index (χ1) is 8.56. The van der Waals surface area contributed by atoms with Gasteiger partial charge >= 0.3 is 5.97 Å². The van der Waals surface area contributed by atoms with Gasteiger partial charge in [0.1, 0.15) is 11.6 Å². The molecule has 0 amide bonds. The van der Waals surface area contributed by atoms with Crippen LogP contribution in [0.5, 0.6) is 0 Å². The Morgan fingerprint density at radius 3 is 2.44 bits per heavy atom. The Kier molecular flexibility index (Phi) is 3.23. The summed E-state index contributed by atoms with van der Waals surface area (Å²) in [5.74, 6) is -2.58. The van der Waals surface area contributed by atoms with Crippen molar-refractivity contribution in [3.8, 4) is 0 Å². The zero-order valence-electron chi connectivity index (χ0n) is 9.15. The minimum atomic E-state index is -1.35. The molecule has 0 aliphatic carbocycles. The Labute approximate surface area is 102 Å². The van der Waals surface area contributed by atoms with Gasteiger partial charge in [0, 0.05) is 11.4 Å². The summed E-state index contributed by atoms with van der Waals surface area (Å²) in [6.07, 6.45) is 0. The van der Waals surface area contributed by atoms with Crippen LogP contribution in [-0.4, -0.2) is 11.1 Å². The lowest BCUT2D eigenvalue weighted by molar-refractivity contribution is 0.0692. The number of halogens is 2. The quantitative estimate of drug-likeness (QED) is 0.876. The molecule has 2 aromatic carbocycles. The van der Waals surface area contributed by atoms with Crippen molar-refractivity contribution in [2.24, 2.45) is 0 Å². The summed E-state index contributed by atoms with van der Waals surface area (Å²) < 4.78 is 26.1. The highest BCUT2D eigenvalue weighted by molar-refractivity contribution is 5.89. The summed E-state index contributed by atoms with van der Waals surface area (Å²) >= 11 is 0. The molecule has 0 atom stereocenters. The summed E-state index contributed by atoms with van der Waals surface area (Å²) in [5, 5.41) is 11.6. The molecule has 92 valence electrons. The Morgan fingerprint density at radius 1 is 1.06 bits per heavy atom. The van der Waals surface area contributed by atoms with E-state index in [4.69, 9.17) is 5.11 Å². The van der Waals surface area contributed by atoms with E-state index in [0.29, 0.717) is 11.4 Å². The molecule has 0 saturated heterocycles. The van der Waals surface area contributed by atoms with Gasteiger partial charge in [-0.3, -0.25) is 0 Å². The highest BCUT2D eigenvalue weighted by Gasteiger charge is 2.10. The van der Waals surface area contributed by atoms with Gasteiger partial charge in [-0.2, -0.15) is 0 Å². The lowest BCUT2D eigenvalue weighted by Gasteiger charge is -2.07. The lowest BCUT2D eigenvalue weighted by Crippen LogP contribution is -2.01. The number of carboxylic acids is 1. The fourth-order valence-corrected chi connectivity index (χ4v) is 1.50. The van der Waals surface area contributed by atoms with E-state index in [-0.39, 0.29) is 0 Å². The summed E-state index contributed by atoms with van der Waals surface area (Å²) in [5.41, 5.74) is 0.397. The normalized spacial score (nSPS) is 10.1. The van der Waals surface area contributed by atoms with E-state index in [1.807, 2.05) is 0 Å². The summed E-state index contributed by atoms with van der Waals surface area (Å²) in [6.45, 7) is 0. The van der Waals surface area contributed by atoms with Crippen LogP contribution in [0.25, 0.3) is 0 Å². The minimum absolute atomic E-state index is 0.374. The van der Waals surface area contributed by atoms with Crippen molar-refractivity contribution >= 4 is 17.3 Å². The number of aromatic carboxylic acids is 1. The predicted molar refractivity (Wildman–Crippen MR) is 63.0 cm³/mol. The Balaban J connectivity index is 2.30. The third kappa shape index (κ3) is 2.63. The molecule has 2 aromatic rings. The summed E-state index contributed by atoms with van der Waals surface area (Å²) in [7, 11) is 0. The topological polar surface area (TPSA) is 49.3 Å². The number of hydrogen-bond donors (Lipinski definition) is 2. The maximum Gasteiger partial charge on any atom is 0.338 e. The minimum Gasteiger partial charge on any atom is -0.478 e. The first kappa shape index (κ1) is 12.0. The maximum absolute atomic E-state index is 13.2. The molecule has 0 aliphatic rings. The lowest BCUT2D eigenvalue weighted by atomic mass is 10.2. The van der Waals surface area contributed by atoms with Gasteiger partial charge in [0.15, 0.2) is 0 Å². The standard InChI is InChI=1S/C13H9F2NO2/c14-8-2-1-3-9(6-8)16-10-4-5-12(15)11(7-10)13(17)18/h1-7,16H,(H,17,18). The third-order valence-corrected chi connectivity index (χ3v) is 2.31.